The molecule has 0 spiro atoms. The van der Waals surface area contributed by atoms with Crippen LogP contribution in [0.2, 0.25) is 20.1 Å². The molecule has 24 heavy (non-hydrogen) atoms. The minimum atomic E-state index is -3.97. The minimum Gasteiger partial charge on any atom is -0.332 e. The Morgan fingerprint density at radius 3 is 2.17 bits per heavy atom. The zero-order valence-corrected chi connectivity index (χ0v) is 16.3. The Kier molecular flexibility index (Phi) is 6.55. The van der Waals surface area contributed by atoms with Gasteiger partial charge in [-0.2, -0.15) is 0 Å². The Hall–Kier alpha value is -0.800. The van der Waals surface area contributed by atoms with Crippen LogP contribution in [0.25, 0.3) is 0 Å². The molecule has 3 N–H and O–H groups in total. The molecule has 0 amide bonds. The average Bonchev–Trinajstić information content (AvgIpc) is 2.46. The van der Waals surface area contributed by atoms with Crippen molar-refractivity contribution in [1.29, 1.82) is 0 Å². The highest BCUT2D eigenvalue weighted by atomic mass is 35.5. The zero-order valence-electron chi connectivity index (χ0n) is 11.6. The summed E-state index contributed by atoms with van der Waals surface area (Å²) < 4.78 is 24.4. The summed E-state index contributed by atoms with van der Waals surface area (Å²) in [4.78, 5) is 1.92. The largest absolute Gasteiger partial charge is 0.332 e. The molecule has 2 aromatic carbocycles. The summed E-state index contributed by atoms with van der Waals surface area (Å²) in [7, 11) is -3.97. The van der Waals surface area contributed by atoms with Crippen molar-refractivity contribution in [2.75, 3.05) is 5.32 Å². The number of hydrogen-bond donors (Lipinski definition) is 3. The molecule has 128 valence electrons. The molecule has 0 fully saturated rings. The van der Waals surface area contributed by atoms with Gasteiger partial charge in [0.15, 0.2) is 5.11 Å². The SMILES string of the molecule is O=S(=O)(NNC(=S)Nc1cc(Cl)cc(Cl)c1)c1cc(Cl)ccc1Cl. The van der Waals surface area contributed by atoms with E-state index in [9.17, 15) is 8.42 Å². The number of nitrogens with one attached hydrogen (secondary N) is 3. The van der Waals surface area contributed by atoms with Crippen molar-refractivity contribution < 1.29 is 8.42 Å². The Morgan fingerprint density at radius 2 is 1.54 bits per heavy atom. The van der Waals surface area contributed by atoms with Crippen LogP contribution in [-0.4, -0.2) is 13.5 Å². The predicted molar refractivity (Wildman–Crippen MR) is 103 cm³/mol. The van der Waals surface area contributed by atoms with E-state index >= 15 is 0 Å². The van der Waals surface area contributed by atoms with Gasteiger partial charge >= 0.3 is 0 Å². The Morgan fingerprint density at radius 1 is 0.917 bits per heavy atom. The van der Waals surface area contributed by atoms with Crippen molar-refractivity contribution in [1.82, 2.24) is 10.3 Å². The number of hydrogen-bond acceptors (Lipinski definition) is 3. The van der Waals surface area contributed by atoms with Gasteiger partial charge in [0.1, 0.15) is 4.90 Å². The molecular formula is C13H9Cl4N3O2S2. The predicted octanol–water partition coefficient (Wildman–Crippen LogP) is 4.48. The lowest BCUT2D eigenvalue weighted by atomic mass is 10.3. The van der Waals surface area contributed by atoms with Crippen LogP contribution in [0.1, 0.15) is 0 Å². The van der Waals surface area contributed by atoms with Gasteiger partial charge in [0.25, 0.3) is 10.0 Å². The molecule has 0 bridgehead atoms. The molecule has 0 atom stereocenters. The Labute approximate surface area is 164 Å². The second kappa shape index (κ2) is 8.05. The molecule has 0 saturated heterocycles. The van der Waals surface area contributed by atoms with Gasteiger partial charge in [0.05, 0.1) is 5.02 Å². The van der Waals surface area contributed by atoms with E-state index in [1.807, 2.05) is 0 Å². The average molecular weight is 445 g/mol. The van der Waals surface area contributed by atoms with E-state index in [0.717, 1.165) is 0 Å². The number of hydrazine groups is 1. The number of sulfonamides is 1. The third-order valence-electron chi connectivity index (χ3n) is 2.60. The standard InChI is InChI=1S/C13H9Cl4N3O2S2/c14-7-1-2-11(17)12(6-7)24(21,22)20-19-13(23)18-10-4-8(15)3-9(16)5-10/h1-6,20H,(H2,18,19,23). The first-order chi connectivity index (χ1) is 11.2. The van der Waals surface area contributed by atoms with Crippen LogP contribution < -0.4 is 15.6 Å². The van der Waals surface area contributed by atoms with Gasteiger partial charge in [0, 0.05) is 20.8 Å². The lowest BCUT2D eigenvalue weighted by Gasteiger charge is -2.13. The highest BCUT2D eigenvalue weighted by Gasteiger charge is 2.18. The van der Waals surface area contributed by atoms with Gasteiger partial charge in [-0.15, -0.1) is 4.83 Å². The van der Waals surface area contributed by atoms with E-state index in [1.165, 1.54) is 18.2 Å². The van der Waals surface area contributed by atoms with Gasteiger partial charge < -0.3 is 5.32 Å². The number of thiocarbonyl (C=S) groups is 1. The van der Waals surface area contributed by atoms with Crippen molar-refractivity contribution >= 4 is 79.4 Å². The van der Waals surface area contributed by atoms with E-state index in [2.05, 4.69) is 15.6 Å². The number of halogens is 4. The maximum absolute atomic E-state index is 12.2. The highest BCUT2D eigenvalue weighted by molar-refractivity contribution is 7.89. The molecule has 2 rings (SSSR count). The van der Waals surface area contributed by atoms with Crippen LogP contribution in [0.15, 0.2) is 41.3 Å². The molecule has 11 heteroatoms. The summed E-state index contributed by atoms with van der Waals surface area (Å²) in [6.07, 6.45) is 0. The normalized spacial score (nSPS) is 11.2. The number of anilines is 1. The van der Waals surface area contributed by atoms with Crippen molar-refractivity contribution in [3.8, 4) is 0 Å². The summed E-state index contributed by atoms with van der Waals surface area (Å²) in [5.74, 6) is 0. The van der Waals surface area contributed by atoms with Crippen LogP contribution in [0.5, 0.6) is 0 Å². The van der Waals surface area contributed by atoms with Gasteiger partial charge in [-0.25, -0.2) is 8.42 Å². The Bertz CT molecular complexity index is 871. The number of rotatable bonds is 4. The second-order valence-electron chi connectivity index (χ2n) is 4.42. The topological polar surface area (TPSA) is 70.2 Å². The van der Waals surface area contributed by atoms with E-state index in [0.29, 0.717) is 15.7 Å². The van der Waals surface area contributed by atoms with Gasteiger partial charge in [-0.3, -0.25) is 5.43 Å². The molecule has 0 aliphatic rings. The monoisotopic (exact) mass is 443 g/mol. The summed E-state index contributed by atoms with van der Waals surface area (Å²) >= 11 is 28.4. The molecule has 5 nitrogen and oxygen atoms in total. The third kappa shape index (κ3) is 5.35. The maximum Gasteiger partial charge on any atom is 0.258 e. The third-order valence-corrected chi connectivity index (χ3v) is 5.21. The van der Waals surface area contributed by atoms with E-state index in [-0.39, 0.29) is 20.1 Å². The van der Waals surface area contributed by atoms with Gasteiger partial charge in [-0.1, -0.05) is 46.4 Å². The first kappa shape index (κ1) is 19.5. The van der Waals surface area contributed by atoms with Crippen molar-refractivity contribution in [3.05, 3.63) is 56.5 Å². The molecule has 0 heterocycles. The first-order valence-corrected chi connectivity index (χ1v) is 9.57. The fourth-order valence-electron chi connectivity index (χ4n) is 1.64. The van der Waals surface area contributed by atoms with Gasteiger partial charge in [-0.05, 0) is 48.6 Å². The second-order valence-corrected chi connectivity index (χ2v) is 8.19. The maximum atomic E-state index is 12.2. The summed E-state index contributed by atoms with van der Waals surface area (Å²) in [5.41, 5.74) is 2.84. The Balaban J connectivity index is 2.06. The minimum absolute atomic E-state index is 0.0185. The highest BCUT2D eigenvalue weighted by Crippen LogP contribution is 2.25. The van der Waals surface area contributed by atoms with Crippen molar-refractivity contribution in [3.63, 3.8) is 0 Å². The zero-order chi connectivity index (χ0) is 17.9. The molecular weight excluding hydrogens is 436 g/mol. The number of benzene rings is 2. The van der Waals surface area contributed by atoms with E-state index < -0.39 is 10.0 Å². The van der Waals surface area contributed by atoms with Crippen molar-refractivity contribution in [2.45, 2.75) is 4.90 Å². The quantitative estimate of drug-likeness (QED) is 0.479. The molecule has 0 radical (unpaired) electrons. The van der Waals surface area contributed by atoms with Crippen LogP contribution in [0.3, 0.4) is 0 Å². The fourth-order valence-corrected chi connectivity index (χ4v) is 4.01. The summed E-state index contributed by atoms with van der Waals surface area (Å²) in [5, 5.41) is 3.78. The molecule has 0 aliphatic heterocycles. The molecule has 0 unspecified atom stereocenters. The summed E-state index contributed by atoms with van der Waals surface area (Å²) in [6.45, 7) is 0. The smallest absolute Gasteiger partial charge is 0.258 e. The molecule has 0 saturated carbocycles. The van der Waals surface area contributed by atoms with Crippen molar-refractivity contribution in [2.24, 2.45) is 0 Å². The van der Waals surface area contributed by atoms with Crippen LogP contribution in [-0.2, 0) is 10.0 Å². The lowest BCUT2D eigenvalue weighted by molar-refractivity contribution is 0.578. The molecule has 0 aromatic heterocycles. The van der Waals surface area contributed by atoms with Crippen LogP contribution in [0, 0.1) is 0 Å². The first-order valence-electron chi connectivity index (χ1n) is 6.17. The lowest BCUT2D eigenvalue weighted by Crippen LogP contribution is -2.43. The summed E-state index contributed by atoms with van der Waals surface area (Å²) in [6, 6.07) is 8.78. The van der Waals surface area contributed by atoms with Crippen LogP contribution >= 0.6 is 58.6 Å². The molecule has 0 aliphatic carbocycles. The van der Waals surface area contributed by atoms with E-state index in [4.69, 9.17) is 58.6 Å². The fraction of sp³-hybridized carbons (Fsp3) is 0. The van der Waals surface area contributed by atoms with Gasteiger partial charge in [0.2, 0.25) is 0 Å². The van der Waals surface area contributed by atoms with E-state index in [1.54, 1.807) is 18.2 Å². The molecule has 2 aromatic rings. The van der Waals surface area contributed by atoms with Crippen LogP contribution in [0.4, 0.5) is 5.69 Å².